The maximum absolute atomic E-state index is 13.5. The number of hydrogen-bond donors (Lipinski definition) is 1. The monoisotopic (exact) mass is 476 g/mol. The summed E-state index contributed by atoms with van der Waals surface area (Å²) in [6, 6.07) is 13.4. The number of halogens is 1. The van der Waals surface area contributed by atoms with E-state index < -0.39 is 4.92 Å². The van der Waals surface area contributed by atoms with Gasteiger partial charge in [-0.25, -0.2) is 4.39 Å². The van der Waals surface area contributed by atoms with Gasteiger partial charge in [-0.15, -0.1) is 0 Å². The highest BCUT2D eigenvalue weighted by Gasteiger charge is 2.22. The van der Waals surface area contributed by atoms with Crippen molar-refractivity contribution in [3.63, 3.8) is 0 Å². The third-order valence-electron chi connectivity index (χ3n) is 5.89. The molecule has 0 atom stereocenters. The summed E-state index contributed by atoms with van der Waals surface area (Å²) in [5.74, 6) is -0.616. The highest BCUT2D eigenvalue weighted by Crippen LogP contribution is 2.24. The predicted octanol–water partition coefficient (Wildman–Crippen LogP) is 4.71. The van der Waals surface area contributed by atoms with E-state index >= 15 is 0 Å². The minimum atomic E-state index is -0.433. The molecule has 1 amide bonds. The zero-order valence-corrected chi connectivity index (χ0v) is 19.9. The third-order valence-corrected chi connectivity index (χ3v) is 5.89. The smallest absolute Gasteiger partial charge is 0.312 e. The molecule has 0 radical (unpaired) electrons. The van der Waals surface area contributed by atoms with Crippen molar-refractivity contribution in [1.29, 1.82) is 0 Å². The van der Waals surface area contributed by atoms with Crippen LogP contribution in [0.1, 0.15) is 44.3 Å². The summed E-state index contributed by atoms with van der Waals surface area (Å²) in [7, 11) is 0. The Morgan fingerprint density at radius 1 is 0.943 bits per heavy atom. The Hall–Kier alpha value is -4.34. The van der Waals surface area contributed by atoms with Crippen LogP contribution in [0, 0.1) is 43.6 Å². The average molecular weight is 477 g/mol. The van der Waals surface area contributed by atoms with Crippen LogP contribution in [-0.2, 0) is 13.1 Å². The molecule has 0 aliphatic carbocycles. The summed E-state index contributed by atoms with van der Waals surface area (Å²) < 4.78 is 16.8. The Morgan fingerprint density at radius 2 is 1.54 bits per heavy atom. The average Bonchev–Trinajstić information content (AvgIpc) is 3.22. The predicted molar refractivity (Wildman–Crippen MR) is 129 cm³/mol. The van der Waals surface area contributed by atoms with Crippen LogP contribution in [0.25, 0.3) is 0 Å². The third kappa shape index (κ3) is 4.96. The summed E-state index contributed by atoms with van der Waals surface area (Å²) in [5.41, 5.74) is 4.81. The molecule has 1 N–H and O–H groups in total. The largest absolute Gasteiger partial charge is 0.319 e. The van der Waals surface area contributed by atoms with E-state index in [1.54, 1.807) is 54.4 Å². The Morgan fingerprint density at radius 3 is 2.17 bits per heavy atom. The van der Waals surface area contributed by atoms with Crippen LogP contribution >= 0.6 is 0 Å². The van der Waals surface area contributed by atoms with Gasteiger partial charge in [-0.3, -0.25) is 24.3 Å². The zero-order valence-electron chi connectivity index (χ0n) is 19.9. The molecule has 2 aromatic heterocycles. The number of benzene rings is 2. The van der Waals surface area contributed by atoms with Crippen LogP contribution in [0.15, 0.2) is 48.5 Å². The number of aromatic nitrogens is 4. The van der Waals surface area contributed by atoms with Crippen molar-refractivity contribution in [3.8, 4) is 0 Å². The van der Waals surface area contributed by atoms with Gasteiger partial charge in [0.15, 0.2) is 0 Å². The normalized spacial score (nSPS) is 11.0. The Bertz CT molecular complexity index is 1440. The Kier molecular flexibility index (Phi) is 6.46. The number of carbonyl (C=O) groups is 1. The van der Waals surface area contributed by atoms with E-state index in [1.165, 1.54) is 12.1 Å². The Labute approximate surface area is 201 Å². The molecule has 4 aromatic rings. The molecule has 2 aromatic carbocycles. The minimum absolute atomic E-state index is 0.0000937. The number of aryl methyl sites for hydroxylation is 2. The molecule has 2 heterocycles. The molecular weight excluding hydrogens is 451 g/mol. The molecule has 0 spiro atoms. The standard InChI is InChI=1S/C25H25FN6O3/c1-15-23(17(3)30(28-15)14-20-8-6-10-22(26)12-20)27-25(33)21-9-5-7-19(11-21)13-31-18(4)24(32(34)35)16(2)29-31/h5-12H,13-14H2,1-4H3,(H,27,33). The van der Waals surface area contributed by atoms with E-state index in [1.807, 2.05) is 19.1 Å². The van der Waals surface area contributed by atoms with E-state index in [-0.39, 0.29) is 17.4 Å². The number of nitrogens with one attached hydrogen (secondary N) is 1. The van der Waals surface area contributed by atoms with Crippen molar-refractivity contribution >= 4 is 17.3 Å². The lowest BCUT2D eigenvalue weighted by atomic mass is 10.1. The lowest BCUT2D eigenvalue weighted by Crippen LogP contribution is -2.14. The van der Waals surface area contributed by atoms with Gasteiger partial charge in [-0.1, -0.05) is 24.3 Å². The van der Waals surface area contributed by atoms with Crippen LogP contribution < -0.4 is 5.32 Å². The fourth-order valence-electron chi connectivity index (χ4n) is 4.12. The van der Waals surface area contributed by atoms with Crippen LogP contribution in [-0.4, -0.2) is 30.4 Å². The van der Waals surface area contributed by atoms with Gasteiger partial charge in [0, 0.05) is 5.56 Å². The molecule has 35 heavy (non-hydrogen) atoms. The summed E-state index contributed by atoms with van der Waals surface area (Å²) in [6.07, 6.45) is 0. The number of anilines is 1. The number of nitrogens with zero attached hydrogens (tertiary/aromatic N) is 5. The molecule has 0 fully saturated rings. The number of carbonyl (C=O) groups excluding carboxylic acids is 1. The first kappa shape index (κ1) is 23.8. The van der Waals surface area contributed by atoms with Gasteiger partial charge in [0.1, 0.15) is 17.2 Å². The van der Waals surface area contributed by atoms with E-state index in [0.29, 0.717) is 41.4 Å². The highest BCUT2D eigenvalue weighted by atomic mass is 19.1. The van der Waals surface area contributed by atoms with Crippen LogP contribution in [0.5, 0.6) is 0 Å². The lowest BCUT2D eigenvalue weighted by Gasteiger charge is -2.09. The number of rotatable bonds is 7. The quantitative estimate of drug-likeness (QED) is 0.307. The van der Waals surface area contributed by atoms with E-state index in [0.717, 1.165) is 16.8 Å². The van der Waals surface area contributed by atoms with E-state index in [4.69, 9.17) is 0 Å². The van der Waals surface area contributed by atoms with Crippen molar-refractivity contribution < 1.29 is 14.1 Å². The summed E-state index contributed by atoms with van der Waals surface area (Å²) in [6.45, 7) is 7.58. The lowest BCUT2D eigenvalue weighted by molar-refractivity contribution is -0.386. The van der Waals surface area contributed by atoms with Crippen LogP contribution in [0.4, 0.5) is 15.8 Å². The molecule has 180 valence electrons. The molecular formula is C25H25FN6O3. The molecule has 0 aliphatic heterocycles. The number of amides is 1. The first-order valence-corrected chi connectivity index (χ1v) is 11.0. The first-order chi connectivity index (χ1) is 16.6. The minimum Gasteiger partial charge on any atom is -0.319 e. The second-order valence-electron chi connectivity index (χ2n) is 8.42. The summed E-state index contributed by atoms with van der Waals surface area (Å²) in [5, 5.41) is 23.0. The molecule has 10 heteroatoms. The highest BCUT2D eigenvalue weighted by molar-refractivity contribution is 6.05. The SMILES string of the molecule is Cc1nn(Cc2cccc(F)c2)c(C)c1NC(=O)c1cccc(Cn2nc(C)c([N+](=O)[O-])c2C)c1. The second kappa shape index (κ2) is 9.49. The summed E-state index contributed by atoms with van der Waals surface area (Å²) >= 11 is 0. The first-order valence-electron chi connectivity index (χ1n) is 11.0. The van der Waals surface area contributed by atoms with E-state index in [9.17, 15) is 19.3 Å². The molecule has 9 nitrogen and oxygen atoms in total. The van der Waals surface area contributed by atoms with Crippen molar-refractivity contribution in [1.82, 2.24) is 19.6 Å². The fraction of sp³-hybridized carbons (Fsp3) is 0.240. The van der Waals surface area contributed by atoms with Crippen molar-refractivity contribution in [2.24, 2.45) is 0 Å². The zero-order chi connectivity index (χ0) is 25.3. The fourth-order valence-corrected chi connectivity index (χ4v) is 4.12. The van der Waals surface area contributed by atoms with Gasteiger partial charge in [0.25, 0.3) is 5.91 Å². The molecule has 4 rings (SSSR count). The second-order valence-corrected chi connectivity index (χ2v) is 8.42. The topological polar surface area (TPSA) is 108 Å². The number of hydrogen-bond acceptors (Lipinski definition) is 5. The van der Waals surface area contributed by atoms with Gasteiger partial charge in [0.05, 0.1) is 35.1 Å². The van der Waals surface area contributed by atoms with Crippen LogP contribution in [0.3, 0.4) is 0 Å². The van der Waals surface area contributed by atoms with Crippen molar-refractivity contribution in [2.75, 3.05) is 5.32 Å². The maximum Gasteiger partial charge on any atom is 0.312 e. The molecule has 0 unspecified atom stereocenters. The molecule has 0 aliphatic rings. The summed E-state index contributed by atoms with van der Waals surface area (Å²) in [4.78, 5) is 23.9. The Balaban J connectivity index is 1.52. The van der Waals surface area contributed by atoms with Gasteiger partial charge >= 0.3 is 5.69 Å². The molecule has 0 bridgehead atoms. The van der Waals surface area contributed by atoms with Gasteiger partial charge in [-0.05, 0) is 63.1 Å². The van der Waals surface area contributed by atoms with Crippen molar-refractivity contribution in [2.45, 2.75) is 40.8 Å². The van der Waals surface area contributed by atoms with Gasteiger partial charge < -0.3 is 5.32 Å². The van der Waals surface area contributed by atoms with Gasteiger partial charge in [-0.2, -0.15) is 10.2 Å². The van der Waals surface area contributed by atoms with Crippen molar-refractivity contribution in [3.05, 3.63) is 104 Å². The number of nitro groups is 1. The molecule has 0 saturated heterocycles. The van der Waals surface area contributed by atoms with Gasteiger partial charge in [0.2, 0.25) is 0 Å². The molecule has 0 saturated carbocycles. The van der Waals surface area contributed by atoms with E-state index in [2.05, 4.69) is 15.5 Å². The van der Waals surface area contributed by atoms with Crippen LogP contribution in [0.2, 0.25) is 0 Å². The maximum atomic E-state index is 13.5.